The lowest BCUT2D eigenvalue weighted by atomic mass is 10.0. The summed E-state index contributed by atoms with van der Waals surface area (Å²) in [6, 6.07) is 13.4. The molecule has 1 aliphatic heterocycles. The molecule has 36 heavy (non-hydrogen) atoms. The van der Waals surface area contributed by atoms with Gasteiger partial charge in [0, 0.05) is 49.9 Å². The number of halogens is 1. The van der Waals surface area contributed by atoms with Crippen LogP contribution in [-0.2, 0) is 13.0 Å². The first-order valence-electron chi connectivity index (χ1n) is 11.7. The SMILES string of the molecule is N#CC[C@@H]1CN(Cc2cnc[nH]2)CCN1C(=O)c1cc(Cc2n[nH]c(=O)c3ccccc23)ccc1F. The van der Waals surface area contributed by atoms with E-state index < -0.39 is 11.7 Å². The third kappa shape index (κ3) is 4.74. The zero-order valence-electron chi connectivity index (χ0n) is 19.4. The second-order valence-corrected chi connectivity index (χ2v) is 8.86. The molecule has 0 unspecified atom stereocenters. The number of aromatic nitrogens is 4. The van der Waals surface area contributed by atoms with Crippen molar-refractivity contribution in [2.45, 2.75) is 25.4 Å². The number of fused-ring (bicyclic) bond motifs is 1. The van der Waals surface area contributed by atoms with Gasteiger partial charge in [0.2, 0.25) is 0 Å². The Bertz CT molecular complexity index is 1490. The van der Waals surface area contributed by atoms with Crippen LogP contribution in [0.1, 0.15) is 33.7 Å². The van der Waals surface area contributed by atoms with Gasteiger partial charge in [-0.15, -0.1) is 0 Å². The normalized spacial score (nSPS) is 16.2. The average molecular weight is 486 g/mol. The molecule has 1 atom stereocenters. The molecule has 0 aliphatic carbocycles. The standard InChI is InChI=1S/C26H24FN7O2/c27-23-6-5-17(12-24-20-3-1-2-4-21(20)25(35)32-31-24)11-22(23)26(36)34-10-9-33(15-19(34)7-8-28)14-18-13-29-16-30-18/h1-6,11,13,16,19H,7,9-10,12,14-15H2,(H,29,30)(H,32,35)/t19-/m1/s1. The number of aromatic amines is 2. The predicted octanol–water partition coefficient (Wildman–Crippen LogP) is 2.62. The first-order valence-corrected chi connectivity index (χ1v) is 11.7. The third-order valence-electron chi connectivity index (χ3n) is 6.51. The summed E-state index contributed by atoms with van der Waals surface area (Å²) in [7, 11) is 0. The van der Waals surface area contributed by atoms with E-state index in [2.05, 4.69) is 31.1 Å². The number of carbonyl (C=O) groups excluding carboxylic acids is 1. The largest absolute Gasteiger partial charge is 0.347 e. The van der Waals surface area contributed by atoms with Crippen LogP contribution in [0.15, 0.2) is 59.8 Å². The number of hydrogen-bond acceptors (Lipinski definition) is 6. The molecule has 5 rings (SSSR count). The van der Waals surface area contributed by atoms with Gasteiger partial charge in [0.1, 0.15) is 5.82 Å². The van der Waals surface area contributed by atoms with Crippen LogP contribution in [0.2, 0.25) is 0 Å². The average Bonchev–Trinajstić information content (AvgIpc) is 3.40. The van der Waals surface area contributed by atoms with E-state index in [1.807, 2.05) is 12.1 Å². The predicted molar refractivity (Wildman–Crippen MR) is 130 cm³/mol. The summed E-state index contributed by atoms with van der Waals surface area (Å²) in [5.41, 5.74) is 1.96. The Kier molecular flexibility index (Phi) is 6.56. The maximum Gasteiger partial charge on any atom is 0.272 e. The van der Waals surface area contributed by atoms with Crippen LogP contribution in [0.5, 0.6) is 0 Å². The number of nitrogens with zero attached hydrogens (tertiary/aromatic N) is 5. The van der Waals surface area contributed by atoms with Gasteiger partial charge in [-0.25, -0.2) is 14.5 Å². The van der Waals surface area contributed by atoms with Gasteiger partial charge in [-0.2, -0.15) is 10.4 Å². The number of nitriles is 1. The topological polar surface area (TPSA) is 122 Å². The number of nitrogens with one attached hydrogen (secondary N) is 2. The number of hydrogen-bond donors (Lipinski definition) is 2. The van der Waals surface area contributed by atoms with Crippen LogP contribution in [-0.4, -0.2) is 61.5 Å². The van der Waals surface area contributed by atoms with E-state index in [0.717, 1.165) is 5.69 Å². The summed E-state index contributed by atoms with van der Waals surface area (Å²) in [6.07, 6.45) is 3.83. The van der Waals surface area contributed by atoms with Gasteiger partial charge in [-0.3, -0.25) is 14.5 Å². The maximum atomic E-state index is 14.9. The molecule has 9 nitrogen and oxygen atoms in total. The Morgan fingerprint density at radius 1 is 1.19 bits per heavy atom. The highest BCUT2D eigenvalue weighted by atomic mass is 19.1. The van der Waals surface area contributed by atoms with E-state index in [-0.39, 0.29) is 23.6 Å². The Morgan fingerprint density at radius 3 is 2.81 bits per heavy atom. The van der Waals surface area contributed by atoms with Gasteiger partial charge in [0.05, 0.1) is 41.5 Å². The third-order valence-corrected chi connectivity index (χ3v) is 6.51. The van der Waals surface area contributed by atoms with E-state index in [1.165, 1.54) is 6.07 Å². The molecule has 4 aromatic rings. The van der Waals surface area contributed by atoms with Gasteiger partial charge in [0.15, 0.2) is 0 Å². The van der Waals surface area contributed by atoms with Crippen molar-refractivity contribution in [2.75, 3.05) is 19.6 Å². The first-order chi connectivity index (χ1) is 17.5. The number of H-pyrrole nitrogens is 2. The molecule has 1 fully saturated rings. The molecule has 1 amide bonds. The van der Waals surface area contributed by atoms with Crippen molar-refractivity contribution < 1.29 is 9.18 Å². The highest BCUT2D eigenvalue weighted by molar-refractivity contribution is 5.95. The molecule has 0 saturated carbocycles. The fourth-order valence-electron chi connectivity index (χ4n) is 4.72. The van der Waals surface area contributed by atoms with Crippen LogP contribution >= 0.6 is 0 Å². The number of carbonyl (C=O) groups is 1. The zero-order valence-corrected chi connectivity index (χ0v) is 19.4. The number of benzene rings is 2. The molecule has 10 heteroatoms. The summed E-state index contributed by atoms with van der Waals surface area (Å²) in [4.78, 5) is 36.4. The molecular weight excluding hydrogens is 461 g/mol. The number of rotatable bonds is 6. The Hall–Kier alpha value is -4.36. The van der Waals surface area contributed by atoms with Crippen molar-refractivity contribution in [1.82, 2.24) is 30.0 Å². The lowest BCUT2D eigenvalue weighted by molar-refractivity contribution is 0.0441. The fourth-order valence-corrected chi connectivity index (χ4v) is 4.72. The fraction of sp³-hybridized carbons (Fsp3) is 0.269. The van der Waals surface area contributed by atoms with Crippen LogP contribution in [0.25, 0.3) is 10.8 Å². The molecule has 1 saturated heterocycles. The van der Waals surface area contributed by atoms with Gasteiger partial charge in [-0.1, -0.05) is 24.3 Å². The van der Waals surface area contributed by atoms with E-state index in [0.29, 0.717) is 54.6 Å². The molecule has 0 bridgehead atoms. The quantitative estimate of drug-likeness (QED) is 0.433. The van der Waals surface area contributed by atoms with Gasteiger partial charge >= 0.3 is 0 Å². The monoisotopic (exact) mass is 485 g/mol. The Morgan fingerprint density at radius 2 is 2.03 bits per heavy atom. The molecule has 2 N–H and O–H groups in total. The summed E-state index contributed by atoms with van der Waals surface area (Å²) in [5, 5.41) is 17.3. The van der Waals surface area contributed by atoms with Crippen molar-refractivity contribution in [3.8, 4) is 6.07 Å². The summed E-state index contributed by atoms with van der Waals surface area (Å²) < 4.78 is 14.9. The first kappa shape index (κ1) is 23.4. The number of amides is 1. The maximum absolute atomic E-state index is 14.9. The van der Waals surface area contributed by atoms with Crippen LogP contribution in [0.4, 0.5) is 4.39 Å². The highest BCUT2D eigenvalue weighted by Gasteiger charge is 2.32. The van der Waals surface area contributed by atoms with Gasteiger partial charge in [-0.05, 0) is 23.8 Å². The van der Waals surface area contributed by atoms with E-state index in [9.17, 15) is 19.2 Å². The Labute approximate surface area is 206 Å². The molecule has 0 radical (unpaired) electrons. The number of piperazine rings is 1. The van der Waals surface area contributed by atoms with E-state index in [1.54, 1.807) is 41.7 Å². The molecule has 182 valence electrons. The van der Waals surface area contributed by atoms with Crippen molar-refractivity contribution in [2.24, 2.45) is 0 Å². The van der Waals surface area contributed by atoms with E-state index in [4.69, 9.17) is 0 Å². The molecule has 0 spiro atoms. The molecular formula is C26H24FN7O2. The van der Waals surface area contributed by atoms with Crippen LogP contribution in [0.3, 0.4) is 0 Å². The minimum absolute atomic E-state index is 0.0359. The second kappa shape index (κ2) is 10.1. The zero-order chi connectivity index (χ0) is 25.1. The van der Waals surface area contributed by atoms with Gasteiger partial charge in [0.25, 0.3) is 11.5 Å². The molecule has 2 aromatic carbocycles. The van der Waals surface area contributed by atoms with Crippen molar-refractivity contribution in [1.29, 1.82) is 5.26 Å². The number of imidazole rings is 1. The minimum atomic E-state index is -0.612. The van der Waals surface area contributed by atoms with Crippen molar-refractivity contribution in [3.63, 3.8) is 0 Å². The minimum Gasteiger partial charge on any atom is -0.347 e. The summed E-state index contributed by atoms with van der Waals surface area (Å²) >= 11 is 0. The molecule has 2 aromatic heterocycles. The lowest BCUT2D eigenvalue weighted by Gasteiger charge is -2.40. The smallest absolute Gasteiger partial charge is 0.272 e. The second-order valence-electron chi connectivity index (χ2n) is 8.86. The van der Waals surface area contributed by atoms with Crippen molar-refractivity contribution >= 4 is 16.7 Å². The van der Waals surface area contributed by atoms with Gasteiger partial charge < -0.3 is 9.88 Å². The molecule has 1 aliphatic rings. The summed E-state index contributed by atoms with van der Waals surface area (Å²) in [6.45, 7) is 2.12. The van der Waals surface area contributed by atoms with E-state index >= 15 is 0 Å². The van der Waals surface area contributed by atoms with Crippen LogP contribution in [0, 0.1) is 17.1 Å². The van der Waals surface area contributed by atoms with Crippen molar-refractivity contribution in [3.05, 3.63) is 93.7 Å². The molecule has 3 heterocycles. The Balaban J connectivity index is 1.38. The lowest BCUT2D eigenvalue weighted by Crippen LogP contribution is -2.54. The van der Waals surface area contributed by atoms with Crippen LogP contribution < -0.4 is 5.56 Å². The summed E-state index contributed by atoms with van der Waals surface area (Å²) in [5.74, 6) is -1.05. The highest BCUT2D eigenvalue weighted by Crippen LogP contribution is 2.22.